The van der Waals surface area contributed by atoms with E-state index in [1.807, 2.05) is 0 Å². The van der Waals surface area contributed by atoms with Crippen LogP contribution in [0.4, 0.5) is 13.2 Å². The number of nitrogens with zero attached hydrogens (tertiary/aromatic N) is 3. The fraction of sp³-hybridized carbons (Fsp3) is 0.389. The van der Waals surface area contributed by atoms with E-state index in [2.05, 4.69) is 20.8 Å². The molecule has 2 aliphatic rings. The molecule has 27 heavy (non-hydrogen) atoms. The fourth-order valence-electron chi connectivity index (χ4n) is 3.77. The van der Waals surface area contributed by atoms with Gasteiger partial charge in [0.15, 0.2) is 0 Å². The maximum absolute atomic E-state index is 12.8. The van der Waals surface area contributed by atoms with E-state index >= 15 is 0 Å². The number of benzene rings is 1. The van der Waals surface area contributed by atoms with Gasteiger partial charge in [0.25, 0.3) is 5.91 Å². The Hall–Kier alpha value is -2.52. The van der Waals surface area contributed by atoms with Crippen molar-refractivity contribution >= 4 is 5.91 Å². The molecule has 1 aromatic heterocycles. The van der Waals surface area contributed by atoms with Crippen LogP contribution in [-0.2, 0) is 6.18 Å². The van der Waals surface area contributed by atoms with Crippen molar-refractivity contribution in [1.82, 2.24) is 25.7 Å². The largest absolute Gasteiger partial charge is 0.416 e. The first kappa shape index (κ1) is 17.9. The summed E-state index contributed by atoms with van der Waals surface area (Å²) in [6, 6.07) is 5.16. The minimum absolute atomic E-state index is 0.0520. The maximum Gasteiger partial charge on any atom is 0.416 e. The number of piperidine rings is 1. The molecule has 2 aliphatic heterocycles. The van der Waals surface area contributed by atoms with Crippen molar-refractivity contribution in [3.63, 3.8) is 0 Å². The van der Waals surface area contributed by atoms with Crippen LogP contribution < -0.4 is 10.9 Å². The van der Waals surface area contributed by atoms with Gasteiger partial charge in [-0.2, -0.15) is 13.2 Å². The molecule has 3 atom stereocenters. The van der Waals surface area contributed by atoms with Gasteiger partial charge < -0.3 is 4.90 Å². The molecular formula is C18H18F3N5O. The van der Waals surface area contributed by atoms with E-state index < -0.39 is 11.7 Å². The summed E-state index contributed by atoms with van der Waals surface area (Å²) in [5.41, 5.74) is 6.77. The Balaban J connectivity index is 1.51. The van der Waals surface area contributed by atoms with Crippen LogP contribution in [0.1, 0.15) is 34.1 Å². The average molecular weight is 377 g/mol. The number of halogens is 3. The zero-order valence-corrected chi connectivity index (χ0v) is 14.3. The van der Waals surface area contributed by atoms with Crippen LogP contribution in [0.3, 0.4) is 0 Å². The Kier molecular flexibility index (Phi) is 4.56. The van der Waals surface area contributed by atoms with E-state index in [0.717, 1.165) is 24.1 Å². The lowest BCUT2D eigenvalue weighted by Crippen LogP contribution is -2.48. The Morgan fingerprint density at radius 1 is 1.15 bits per heavy atom. The third-order valence-corrected chi connectivity index (χ3v) is 5.18. The molecule has 9 heteroatoms. The van der Waals surface area contributed by atoms with E-state index in [9.17, 15) is 18.0 Å². The second-order valence-corrected chi connectivity index (χ2v) is 6.79. The molecule has 6 nitrogen and oxygen atoms in total. The van der Waals surface area contributed by atoms with Crippen LogP contribution in [0, 0.1) is 5.92 Å². The van der Waals surface area contributed by atoms with Crippen LogP contribution in [0.15, 0.2) is 42.9 Å². The van der Waals surface area contributed by atoms with Gasteiger partial charge in [-0.1, -0.05) is 12.1 Å². The molecule has 0 spiro atoms. The van der Waals surface area contributed by atoms with Crippen molar-refractivity contribution in [2.24, 2.45) is 5.92 Å². The highest BCUT2D eigenvalue weighted by molar-refractivity contribution is 5.92. The Morgan fingerprint density at radius 3 is 2.59 bits per heavy atom. The number of aromatic nitrogens is 2. The number of hydrogen-bond donors (Lipinski definition) is 2. The fourth-order valence-corrected chi connectivity index (χ4v) is 3.77. The predicted molar refractivity (Wildman–Crippen MR) is 90.3 cm³/mol. The molecule has 2 fully saturated rings. The summed E-state index contributed by atoms with van der Waals surface area (Å²) in [5, 5.41) is 0. The molecule has 0 saturated carbocycles. The first-order valence-electron chi connectivity index (χ1n) is 8.67. The van der Waals surface area contributed by atoms with Crippen LogP contribution in [-0.4, -0.2) is 39.9 Å². The van der Waals surface area contributed by atoms with Crippen molar-refractivity contribution in [2.45, 2.75) is 24.7 Å². The Bertz CT molecular complexity index is 812. The monoisotopic (exact) mass is 377 g/mol. The lowest BCUT2D eigenvalue weighted by Gasteiger charge is -2.36. The minimum Gasteiger partial charge on any atom is -0.337 e. The zero-order chi connectivity index (χ0) is 19.0. The van der Waals surface area contributed by atoms with E-state index in [1.165, 1.54) is 30.7 Å². The van der Waals surface area contributed by atoms with Gasteiger partial charge >= 0.3 is 6.18 Å². The number of hydrogen-bond acceptors (Lipinski definition) is 5. The van der Waals surface area contributed by atoms with Crippen molar-refractivity contribution in [3.8, 4) is 0 Å². The van der Waals surface area contributed by atoms with Crippen LogP contribution in [0.25, 0.3) is 0 Å². The van der Waals surface area contributed by atoms with Crippen molar-refractivity contribution < 1.29 is 18.0 Å². The highest BCUT2D eigenvalue weighted by Gasteiger charge is 2.42. The highest BCUT2D eigenvalue weighted by Crippen LogP contribution is 2.36. The molecule has 3 heterocycles. The summed E-state index contributed by atoms with van der Waals surface area (Å²) in [6.07, 6.45) is 0.819. The summed E-state index contributed by atoms with van der Waals surface area (Å²) >= 11 is 0. The highest BCUT2D eigenvalue weighted by atomic mass is 19.4. The van der Waals surface area contributed by atoms with Crippen molar-refractivity contribution in [1.29, 1.82) is 0 Å². The Morgan fingerprint density at radius 2 is 1.93 bits per heavy atom. The number of amides is 1. The molecule has 0 radical (unpaired) electrons. The molecule has 0 aliphatic carbocycles. The minimum atomic E-state index is -4.35. The molecule has 0 bridgehead atoms. The molecule has 2 aromatic rings. The van der Waals surface area contributed by atoms with E-state index in [4.69, 9.17) is 0 Å². The van der Waals surface area contributed by atoms with Gasteiger partial charge in [0.1, 0.15) is 5.69 Å². The Labute approximate surface area is 153 Å². The normalized spacial score (nSPS) is 25.3. The zero-order valence-electron chi connectivity index (χ0n) is 14.3. The van der Waals surface area contributed by atoms with Crippen molar-refractivity contribution in [2.75, 3.05) is 13.1 Å². The summed E-state index contributed by atoms with van der Waals surface area (Å²) in [7, 11) is 0. The van der Waals surface area contributed by atoms with E-state index in [1.54, 1.807) is 4.90 Å². The quantitative estimate of drug-likeness (QED) is 0.840. The lowest BCUT2D eigenvalue weighted by molar-refractivity contribution is -0.137. The summed E-state index contributed by atoms with van der Waals surface area (Å²) in [5.74, 6) is -0.129. The molecule has 142 valence electrons. The van der Waals surface area contributed by atoms with Gasteiger partial charge in [-0.3, -0.25) is 15.2 Å². The van der Waals surface area contributed by atoms with Crippen LogP contribution >= 0.6 is 0 Å². The lowest BCUT2D eigenvalue weighted by atomic mass is 9.85. The summed E-state index contributed by atoms with van der Waals surface area (Å²) < 4.78 is 38.4. The molecule has 1 aromatic carbocycles. The first-order valence-corrected chi connectivity index (χ1v) is 8.67. The third-order valence-electron chi connectivity index (χ3n) is 5.18. The van der Waals surface area contributed by atoms with Gasteiger partial charge in [-0.25, -0.2) is 10.4 Å². The van der Waals surface area contributed by atoms with Gasteiger partial charge in [0.2, 0.25) is 0 Å². The standard InChI is InChI=1S/C18H18F3N5O/c19-18(20,21)12-3-1-11(2-4-12)16-13-10-26(8-5-14(13)24-25-16)17(27)15-9-22-6-7-23-15/h1-4,6-7,9,13-14,16,24-25H,5,8,10H2. The second-order valence-electron chi connectivity index (χ2n) is 6.79. The van der Waals surface area contributed by atoms with E-state index in [-0.39, 0.29) is 23.9 Å². The predicted octanol–water partition coefficient (Wildman–Crippen LogP) is 2.18. The van der Waals surface area contributed by atoms with Gasteiger partial charge in [-0.05, 0) is 24.1 Å². The smallest absolute Gasteiger partial charge is 0.337 e. The number of likely N-dealkylation sites (tertiary alicyclic amines) is 1. The molecule has 4 rings (SSSR count). The van der Waals surface area contributed by atoms with Crippen molar-refractivity contribution in [3.05, 3.63) is 59.7 Å². The summed E-state index contributed by atoms with van der Waals surface area (Å²) in [4.78, 5) is 22.4. The second kappa shape index (κ2) is 6.90. The molecular weight excluding hydrogens is 359 g/mol. The topological polar surface area (TPSA) is 70.2 Å². The van der Waals surface area contributed by atoms with E-state index in [0.29, 0.717) is 18.8 Å². The number of carbonyl (C=O) groups excluding carboxylic acids is 1. The molecule has 3 unspecified atom stereocenters. The van der Waals surface area contributed by atoms with Gasteiger partial charge in [0, 0.05) is 37.4 Å². The van der Waals surface area contributed by atoms with Crippen LogP contribution in [0.2, 0.25) is 0 Å². The number of hydrazine groups is 1. The molecule has 1 amide bonds. The molecule has 2 N–H and O–H groups in total. The third kappa shape index (κ3) is 3.52. The van der Waals surface area contributed by atoms with Crippen LogP contribution in [0.5, 0.6) is 0 Å². The number of alkyl halides is 3. The van der Waals surface area contributed by atoms with Gasteiger partial charge in [-0.15, -0.1) is 0 Å². The SMILES string of the molecule is O=C(c1cnccn1)N1CCC2NNC(c3ccc(C(F)(F)F)cc3)C2C1. The number of carbonyl (C=O) groups is 1. The number of nitrogens with one attached hydrogen (secondary N) is 2. The molecule has 2 saturated heterocycles. The maximum atomic E-state index is 12.8. The first-order chi connectivity index (χ1) is 12.9. The number of rotatable bonds is 2. The average Bonchev–Trinajstić information content (AvgIpc) is 3.10. The number of fused-ring (bicyclic) bond motifs is 1. The van der Waals surface area contributed by atoms with Gasteiger partial charge in [0.05, 0.1) is 17.8 Å². The summed E-state index contributed by atoms with van der Waals surface area (Å²) in [6.45, 7) is 1.08.